The predicted octanol–water partition coefficient (Wildman–Crippen LogP) is 0.779. The molecule has 1 aliphatic heterocycles. The molecule has 16 heavy (non-hydrogen) atoms. The average Bonchev–Trinajstić information content (AvgIpc) is 2.40. The second-order valence-corrected chi connectivity index (χ2v) is 4.52. The van der Waals surface area contributed by atoms with Gasteiger partial charge in [0.15, 0.2) is 0 Å². The van der Waals surface area contributed by atoms with Crippen molar-refractivity contribution >= 4 is 17.8 Å². The first-order valence-corrected chi connectivity index (χ1v) is 5.67. The normalized spacial score (nSPS) is 26.0. The van der Waals surface area contributed by atoms with Crippen LogP contribution in [0.5, 0.6) is 0 Å². The number of carbonyl (C=O) groups is 3. The molecule has 0 spiro atoms. The Hall–Kier alpha value is -1.39. The molecule has 1 heterocycles. The third kappa shape index (κ3) is 1.94. The summed E-state index contributed by atoms with van der Waals surface area (Å²) in [5, 5.41) is 8.55. The molecule has 5 heteroatoms. The van der Waals surface area contributed by atoms with E-state index in [0.29, 0.717) is 0 Å². The third-order valence-electron chi connectivity index (χ3n) is 3.42. The molecule has 2 fully saturated rings. The number of hydrogen-bond acceptors (Lipinski definition) is 3. The molecule has 0 aromatic rings. The van der Waals surface area contributed by atoms with Gasteiger partial charge in [0, 0.05) is 24.8 Å². The van der Waals surface area contributed by atoms with E-state index in [4.69, 9.17) is 5.11 Å². The van der Waals surface area contributed by atoms with Crippen LogP contribution in [0.3, 0.4) is 0 Å². The van der Waals surface area contributed by atoms with E-state index in [2.05, 4.69) is 0 Å². The number of hydrogen-bond donors (Lipinski definition) is 1. The number of carboxylic acid groups (broad SMARTS) is 1. The van der Waals surface area contributed by atoms with Crippen molar-refractivity contribution in [3.63, 3.8) is 0 Å². The van der Waals surface area contributed by atoms with Crippen molar-refractivity contribution < 1.29 is 19.5 Å². The Morgan fingerprint density at radius 3 is 2.56 bits per heavy atom. The van der Waals surface area contributed by atoms with Crippen LogP contribution in [0, 0.1) is 5.92 Å². The molecule has 0 aromatic heterocycles. The maximum atomic E-state index is 11.9. The lowest BCUT2D eigenvalue weighted by atomic mass is 9.91. The maximum Gasteiger partial charge on any atom is 0.303 e. The van der Waals surface area contributed by atoms with Gasteiger partial charge in [-0.15, -0.1) is 0 Å². The Morgan fingerprint density at radius 1 is 1.38 bits per heavy atom. The molecule has 5 nitrogen and oxygen atoms in total. The molecule has 2 rings (SSSR count). The van der Waals surface area contributed by atoms with Crippen molar-refractivity contribution in [2.75, 3.05) is 0 Å². The van der Waals surface area contributed by atoms with E-state index in [1.165, 1.54) is 4.90 Å². The summed E-state index contributed by atoms with van der Waals surface area (Å²) in [4.78, 5) is 35.3. The fourth-order valence-electron chi connectivity index (χ4n) is 2.27. The quantitative estimate of drug-likeness (QED) is 0.717. The average molecular weight is 225 g/mol. The summed E-state index contributed by atoms with van der Waals surface area (Å²) in [5.74, 6) is -1.59. The standard InChI is InChI=1S/C11H15NO4/c13-9-6-7(4-5-10(14)15)11(16)12(9)8-2-1-3-8/h7-8H,1-6H2,(H,14,15). The minimum Gasteiger partial charge on any atom is -0.481 e. The van der Waals surface area contributed by atoms with Crippen LogP contribution in [0.2, 0.25) is 0 Å². The fourth-order valence-corrected chi connectivity index (χ4v) is 2.27. The van der Waals surface area contributed by atoms with Crippen LogP contribution in [0.25, 0.3) is 0 Å². The molecule has 0 radical (unpaired) electrons. The summed E-state index contributed by atoms with van der Waals surface area (Å²) in [6.45, 7) is 0. The van der Waals surface area contributed by atoms with Gasteiger partial charge in [-0.2, -0.15) is 0 Å². The largest absolute Gasteiger partial charge is 0.481 e. The highest BCUT2D eigenvalue weighted by Crippen LogP contribution is 2.33. The van der Waals surface area contributed by atoms with Gasteiger partial charge in [0.1, 0.15) is 0 Å². The van der Waals surface area contributed by atoms with Crippen LogP contribution in [-0.4, -0.2) is 33.8 Å². The minimum absolute atomic E-state index is 0.0395. The zero-order valence-electron chi connectivity index (χ0n) is 9.02. The minimum atomic E-state index is -0.914. The molecule has 0 aromatic carbocycles. The number of carbonyl (C=O) groups excluding carboxylic acids is 2. The molecule has 1 aliphatic carbocycles. The first-order chi connectivity index (χ1) is 7.59. The van der Waals surface area contributed by atoms with Crippen LogP contribution in [0.1, 0.15) is 38.5 Å². The third-order valence-corrected chi connectivity index (χ3v) is 3.42. The maximum absolute atomic E-state index is 11.9. The molecule has 1 N–H and O–H groups in total. The van der Waals surface area contributed by atoms with E-state index in [1.807, 2.05) is 0 Å². The zero-order chi connectivity index (χ0) is 11.7. The second-order valence-electron chi connectivity index (χ2n) is 4.52. The summed E-state index contributed by atoms with van der Waals surface area (Å²) in [6.07, 6.45) is 3.32. The first kappa shape index (κ1) is 11.1. The Labute approximate surface area is 93.4 Å². The smallest absolute Gasteiger partial charge is 0.303 e. The molecule has 88 valence electrons. The number of nitrogens with zero attached hydrogens (tertiary/aromatic N) is 1. The van der Waals surface area contributed by atoms with Crippen LogP contribution in [-0.2, 0) is 14.4 Å². The molecule has 2 amide bonds. The second kappa shape index (κ2) is 4.23. The SMILES string of the molecule is O=C(O)CCC1CC(=O)N(C2CCC2)C1=O. The van der Waals surface area contributed by atoms with Crippen LogP contribution >= 0.6 is 0 Å². The lowest BCUT2D eigenvalue weighted by Crippen LogP contribution is -2.44. The summed E-state index contributed by atoms with van der Waals surface area (Å²) in [5.41, 5.74) is 0. The van der Waals surface area contributed by atoms with Gasteiger partial charge in [-0.25, -0.2) is 0 Å². The van der Waals surface area contributed by atoms with Crippen molar-refractivity contribution in [3.05, 3.63) is 0 Å². The van der Waals surface area contributed by atoms with Gasteiger partial charge < -0.3 is 5.11 Å². The topological polar surface area (TPSA) is 74.7 Å². The zero-order valence-corrected chi connectivity index (χ0v) is 9.02. The van der Waals surface area contributed by atoms with Gasteiger partial charge in [-0.1, -0.05) is 0 Å². The van der Waals surface area contributed by atoms with Crippen molar-refractivity contribution in [1.29, 1.82) is 0 Å². The van der Waals surface area contributed by atoms with Gasteiger partial charge in [0.2, 0.25) is 11.8 Å². The summed E-state index contributed by atoms with van der Waals surface area (Å²) < 4.78 is 0. The number of carboxylic acids is 1. The number of imide groups is 1. The Morgan fingerprint density at radius 2 is 2.06 bits per heavy atom. The highest BCUT2D eigenvalue weighted by Gasteiger charge is 2.43. The molecule has 1 unspecified atom stereocenters. The molecule has 1 saturated heterocycles. The Bertz CT molecular complexity index is 335. The van der Waals surface area contributed by atoms with E-state index in [-0.39, 0.29) is 37.1 Å². The highest BCUT2D eigenvalue weighted by molar-refractivity contribution is 6.04. The van der Waals surface area contributed by atoms with E-state index in [9.17, 15) is 14.4 Å². The lowest BCUT2D eigenvalue weighted by molar-refractivity contribution is -0.144. The van der Waals surface area contributed by atoms with Gasteiger partial charge >= 0.3 is 5.97 Å². The van der Waals surface area contributed by atoms with Crippen molar-refractivity contribution in [2.45, 2.75) is 44.6 Å². The van der Waals surface area contributed by atoms with Crippen molar-refractivity contribution in [3.8, 4) is 0 Å². The fraction of sp³-hybridized carbons (Fsp3) is 0.727. The van der Waals surface area contributed by atoms with E-state index in [1.54, 1.807) is 0 Å². The van der Waals surface area contributed by atoms with E-state index >= 15 is 0 Å². The van der Waals surface area contributed by atoms with Gasteiger partial charge in [0.25, 0.3) is 0 Å². The number of aliphatic carboxylic acids is 1. The first-order valence-electron chi connectivity index (χ1n) is 5.67. The van der Waals surface area contributed by atoms with Gasteiger partial charge in [0.05, 0.1) is 0 Å². The van der Waals surface area contributed by atoms with Crippen LogP contribution in [0.15, 0.2) is 0 Å². The van der Waals surface area contributed by atoms with Crippen molar-refractivity contribution in [2.24, 2.45) is 5.92 Å². The van der Waals surface area contributed by atoms with Gasteiger partial charge in [-0.05, 0) is 25.7 Å². The number of rotatable bonds is 4. The van der Waals surface area contributed by atoms with Crippen LogP contribution in [0.4, 0.5) is 0 Å². The number of amides is 2. The molecule has 0 bridgehead atoms. The van der Waals surface area contributed by atoms with E-state index < -0.39 is 11.9 Å². The van der Waals surface area contributed by atoms with E-state index in [0.717, 1.165) is 19.3 Å². The summed E-state index contributed by atoms with van der Waals surface area (Å²) >= 11 is 0. The monoisotopic (exact) mass is 225 g/mol. The predicted molar refractivity (Wildman–Crippen MR) is 54.5 cm³/mol. The summed E-state index contributed by atoms with van der Waals surface area (Å²) in [6, 6.07) is 0.0924. The van der Waals surface area contributed by atoms with Crippen LogP contribution < -0.4 is 0 Å². The molecule has 2 aliphatic rings. The van der Waals surface area contributed by atoms with Crippen molar-refractivity contribution in [1.82, 2.24) is 4.90 Å². The Kier molecular flexibility index (Phi) is 2.94. The number of likely N-dealkylation sites (tertiary alicyclic amines) is 1. The van der Waals surface area contributed by atoms with Gasteiger partial charge in [-0.3, -0.25) is 19.3 Å². The molecule has 1 saturated carbocycles. The highest BCUT2D eigenvalue weighted by atomic mass is 16.4. The summed E-state index contributed by atoms with van der Waals surface area (Å²) in [7, 11) is 0. The molecular weight excluding hydrogens is 210 g/mol. The molecular formula is C11H15NO4. The molecule has 1 atom stereocenters. The lowest BCUT2D eigenvalue weighted by Gasteiger charge is -2.33. The Balaban J connectivity index is 1.95.